The van der Waals surface area contributed by atoms with E-state index in [9.17, 15) is 9.59 Å². The van der Waals surface area contributed by atoms with Crippen LogP contribution in [-0.2, 0) is 11.2 Å². The number of carbonyl (C=O) groups is 1. The number of rotatable bonds is 3. The maximum Gasteiger partial charge on any atom is 0.254 e. The summed E-state index contributed by atoms with van der Waals surface area (Å²) in [6.07, 6.45) is 1.56. The van der Waals surface area contributed by atoms with Crippen LogP contribution in [0, 0.1) is 13.8 Å². The highest BCUT2D eigenvalue weighted by Gasteiger charge is 2.12. The maximum absolute atomic E-state index is 11.8. The van der Waals surface area contributed by atoms with E-state index in [1.165, 1.54) is 0 Å². The highest BCUT2D eigenvalue weighted by atomic mass is 16.2. The first-order chi connectivity index (χ1) is 9.06. The molecule has 2 heterocycles. The predicted octanol–water partition coefficient (Wildman–Crippen LogP) is 0.963. The van der Waals surface area contributed by atoms with E-state index in [-0.39, 0.29) is 17.9 Å². The number of nitrogens with zero attached hydrogens (tertiary/aromatic N) is 2. The van der Waals surface area contributed by atoms with Crippen molar-refractivity contribution in [3.63, 3.8) is 0 Å². The van der Waals surface area contributed by atoms with Crippen LogP contribution in [0.15, 0.2) is 29.2 Å². The lowest BCUT2D eigenvalue weighted by molar-refractivity contribution is -0.115. The number of H-pyrrole nitrogens is 1. The lowest BCUT2D eigenvalue weighted by atomic mass is 10.1. The number of nitrogens with one attached hydrogen (secondary N) is 2. The van der Waals surface area contributed by atoms with E-state index in [1.807, 2.05) is 0 Å². The van der Waals surface area contributed by atoms with Gasteiger partial charge in [0.05, 0.1) is 6.42 Å². The van der Waals surface area contributed by atoms with Crippen molar-refractivity contribution in [3.8, 4) is 0 Å². The van der Waals surface area contributed by atoms with Crippen molar-refractivity contribution in [2.75, 3.05) is 5.32 Å². The number of anilines is 1. The summed E-state index contributed by atoms with van der Waals surface area (Å²) >= 11 is 0. The van der Waals surface area contributed by atoms with Gasteiger partial charge < -0.3 is 10.3 Å². The fourth-order valence-corrected chi connectivity index (χ4v) is 1.74. The molecule has 6 nitrogen and oxygen atoms in total. The predicted molar refractivity (Wildman–Crippen MR) is 70.9 cm³/mol. The smallest absolute Gasteiger partial charge is 0.254 e. The van der Waals surface area contributed by atoms with Crippen LogP contribution in [0.5, 0.6) is 0 Å². The second kappa shape index (κ2) is 5.43. The van der Waals surface area contributed by atoms with Gasteiger partial charge in [-0.1, -0.05) is 6.07 Å². The molecule has 2 rings (SSSR count). The van der Waals surface area contributed by atoms with E-state index in [0.717, 1.165) is 0 Å². The van der Waals surface area contributed by atoms with Gasteiger partial charge in [0.25, 0.3) is 5.56 Å². The molecule has 0 aliphatic heterocycles. The third-order valence-corrected chi connectivity index (χ3v) is 2.61. The number of hydrogen-bond acceptors (Lipinski definition) is 4. The molecular formula is C13H14N4O2. The Balaban J connectivity index is 2.14. The molecule has 0 spiro atoms. The molecule has 6 heteroatoms. The second-order valence-electron chi connectivity index (χ2n) is 4.16. The van der Waals surface area contributed by atoms with E-state index in [0.29, 0.717) is 22.9 Å². The first kappa shape index (κ1) is 12.9. The summed E-state index contributed by atoms with van der Waals surface area (Å²) in [6.45, 7) is 3.41. The Morgan fingerprint density at radius 1 is 1.37 bits per heavy atom. The van der Waals surface area contributed by atoms with Crippen LogP contribution in [0.2, 0.25) is 0 Å². The van der Waals surface area contributed by atoms with E-state index in [2.05, 4.69) is 20.3 Å². The molecule has 0 aliphatic carbocycles. The second-order valence-corrected chi connectivity index (χ2v) is 4.16. The summed E-state index contributed by atoms with van der Waals surface area (Å²) in [7, 11) is 0. The molecule has 0 fully saturated rings. The van der Waals surface area contributed by atoms with E-state index in [1.54, 1.807) is 38.2 Å². The van der Waals surface area contributed by atoms with E-state index in [4.69, 9.17) is 0 Å². The van der Waals surface area contributed by atoms with Gasteiger partial charge in [-0.25, -0.2) is 9.97 Å². The lowest BCUT2D eigenvalue weighted by Gasteiger charge is -2.06. The Bertz CT molecular complexity index is 649. The van der Waals surface area contributed by atoms with Crippen molar-refractivity contribution < 1.29 is 4.79 Å². The highest BCUT2D eigenvalue weighted by molar-refractivity contribution is 5.91. The van der Waals surface area contributed by atoms with Gasteiger partial charge in [0.1, 0.15) is 11.6 Å². The van der Waals surface area contributed by atoms with Crippen molar-refractivity contribution in [1.82, 2.24) is 15.0 Å². The molecule has 0 bridgehead atoms. The third kappa shape index (κ3) is 3.25. The summed E-state index contributed by atoms with van der Waals surface area (Å²) in [6, 6.07) is 5.21. The summed E-state index contributed by atoms with van der Waals surface area (Å²) in [5, 5.41) is 2.63. The zero-order valence-electron chi connectivity index (χ0n) is 10.7. The largest absolute Gasteiger partial charge is 0.311 e. The number of amides is 1. The van der Waals surface area contributed by atoms with Crippen molar-refractivity contribution in [1.29, 1.82) is 0 Å². The highest BCUT2D eigenvalue weighted by Crippen LogP contribution is 2.04. The normalized spacial score (nSPS) is 10.2. The van der Waals surface area contributed by atoms with Gasteiger partial charge in [-0.2, -0.15) is 0 Å². The zero-order valence-corrected chi connectivity index (χ0v) is 10.7. The molecule has 0 aliphatic rings. The van der Waals surface area contributed by atoms with Gasteiger partial charge in [0, 0.05) is 17.5 Å². The minimum Gasteiger partial charge on any atom is -0.311 e. The summed E-state index contributed by atoms with van der Waals surface area (Å²) in [4.78, 5) is 34.3. The fraction of sp³-hybridized carbons (Fsp3) is 0.231. The van der Waals surface area contributed by atoms with Gasteiger partial charge in [-0.05, 0) is 26.0 Å². The van der Waals surface area contributed by atoms with Gasteiger partial charge in [-0.15, -0.1) is 0 Å². The first-order valence-corrected chi connectivity index (χ1v) is 5.83. The van der Waals surface area contributed by atoms with Crippen molar-refractivity contribution in [2.45, 2.75) is 20.3 Å². The van der Waals surface area contributed by atoms with Crippen molar-refractivity contribution >= 4 is 11.7 Å². The minimum atomic E-state index is -0.294. The Kier molecular flexibility index (Phi) is 3.70. The number of carbonyl (C=O) groups excluding carboxylic acids is 1. The fourth-order valence-electron chi connectivity index (χ4n) is 1.74. The Hall–Kier alpha value is -2.50. The monoisotopic (exact) mass is 258 g/mol. The zero-order chi connectivity index (χ0) is 13.8. The molecule has 2 aromatic rings. The molecule has 2 aromatic heterocycles. The summed E-state index contributed by atoms with van der Waals surface area (Å²) < 4.78 is 0. The van der Waals surface area contributed by atoms with Gasteiger partial charge in [0.2, 0.25) is 5.91 Å². The molecule has 1 amide bonds. The summed E-state index contributed by atoms with van der Waals surface area (Å²) in [5.74, 6) is 0.705. The molecule has 0 unspecified atom stereocenters. The number of aryl methyl sites for hydroxylation is 2. The molecule has 98 valence electrons. The SMILES string of the molecule is Cc1nc(C)c(CC(=O)Nc2ccccn2)c(=O)[nH]1. The lowest BCUT2D eigenvalue weighted by Crippen LogP contribution is -2.24. The third-order valence-electron chi connectivity index (χ3n) is 2.61. The summed E-state index contributed by atoms with van der Waals surface area (Å²) in [5.41, 5.74) is 0.664. The topological polar surface area (TPSA) is 87.7 Å². The molecule has 0 saturated heterocycles. The maximum atomic E-state index is 11.8. The quantitative estimate of drug-likeness (QED) is 0.858. The van der Waals surface area contributed by atoms with Crippen LogP contribution in [0.25, 0.3) is 0 Å². The van der Waals surface area contributed by atoms with Gasteiger partial charge >= 0.3 is 0 Å². The van der Waals surface area contributed by atoms with Crippen LogP contribution in [0.3, 0.4) is 0 Å². The van der Waals surface area contributed by atoms with Gasteiger partial charge in [0.15, 0.2) is 0 Å². The Morgan fingerprint density at radius 3 is 2.79 bits per heavy atom. The van der Waals surface area contributed by atoms with Crippen LogP contribution >= 0.6 is 0 Å². The van der Waals surface area contributed by atoms with Crippen LogP contribution < -0.4 is 10.9 Å². The van der Waals surface area contributed by atoms with Crippen LogP contribution in [-0.4, -0.2) is 20.9 Å². The van der Waals surface area contributed by atoms with Crippen molar-refractivity contribution in [2.24, 2.45) is 0 Å². The molecule has 0 saturated carbocycles. The Morgan fingerprint density at radius 2 is 2.16 bits per heavy atom. The van der Waals surface area contributed by atoms with Crippen LogP contribution in [0.4, 0.5) is 5.82 Å². The molecule has 0 radical (unpaired) electrons. The minimum absolute atomic E-state index is 0.0228. The number of pyridine rings is 1. The Labute approximate surface area is 109 Å². The number of aromatic amines is 1. The van der Waals surface area contributed by atoms with E-state index >= 15 is 0 Å². The first-order valence-electron chi connectivity index (χ1n) is 5.83. The average molecular weight is 258 g/mol. The molecule has 0 aromatic carbocycles. The molecule has 0 atom stereocenters. The molecule has 19 heavy (non-hydrogen) atoms. The number of aromatic nitrogens is 3. The standard InChI is InChI=1S/C13H14N4O2/c1-8-10(13(19)16-9(2)15-8)7-12(18)17-11-5-3-4-6-14-11/h3-6H,7H2,1-2H3,(H,14,17,18)(H,15,16,19). The van der Waals surface area contributed by atoms with Crippen molar-refractivity contribution in [3.05, 3.63) is 51.8 Å². The van der Waals surface area contributed by atoms with E-state index < -0.39 is 0 Å². The average Bonchev–Trinajstić information content (AvgIpc) is 2.35. The number of hydrogen-bond donors (Lipinski definition) is 2. The molecule has 2 N–H and O–H groups in total. The van der Waals surface area contributed by atoms with Gasteiger partial charge in [-0.3, -0.25) is 9.59 Å². The molecular weight excluding hydrogens is 244 g/mol. The van der Waals surface area contributed by atoms with Crippen LogP contribution in [0.1, 0.15) is 17.1 Å².